The average molecular weight is 416 g/mol. The summed E-state index contributed by atoms with van der Waals surface area (Å²) >= 11 is 0. The topological polar surface area (TPSA) is 57.5 Å². The van der Waals surface area contributed by atoms with E-state index in [1.165, 1.54) is 11.6 Å². The molecule has 1 saturated carbocycles. The number of hydrogen-bond donors (Lipinski definition) is 2. The van der Waals surface area contributed by atoms with Crippen LogP contribution in [-0.4, -0.2) is 16.0 Å². The monoisotopic (exact) mass is 415 g/mol. The van der Waals surface area contributed by atoms with Gasteiger partial charge >= 0.3 is 0 Å². The van der Waals surface area contributed by atoms with E-state index in [1.54, 1.807) is 12.1 Å². The van der Waals surface area contributed by atoms with Crippen molar-refractivity contribution in [1.29, 1.82) is 0 Å². The predicted octanol–water partition coefficient (Wildman–Crippen LogP) is 6.16. The number of amidine groups is 1. The quantitative estimate of drug-likeness (QED) is 0.176. The molecule has 31 heavy (non-hydrogen) atoms. The average Bonchev–Trinajstić information content (AvgIpc) is 2.82. The molecule has 5 heteroatoms. The van der Waals surface area contributed by atoms with Crippen molar-refractivity contribution in [3.05, 3.63) is 71.7 Å². The summed E-state index contributed by atoms with van der Waals surface area (Å²) in [6.07, 6.45) is 11.3. The Morgan fingerprint density at radius 2 is 1.90 bits per heavy atom. The minimum atomic E-state index is -0.228. The zero-order valence-electron chi connectivity index (χ0n) is 17.6. The van der Waals surface area contributed by atoms with Gasteiger partial charge in [0.1, 0.15) is 11.7 Å². The van der Waals surface area contributed by atoms with Crippen LogP contribution in [0.25, 0.3) is 10.9 Å². The van der Waals surface area contributed by atoms with Gasteiger partial charge in [-0.3, -0.25) is 4.98 Å². The van der Waals surface area contributed by atoms with Gasteiger partial charge in [-0.15, -0.1) is 6.42 Å². The van der Waals surface area contributed by atoms with Crippen molar-refractivity contribution in [3.8, 4) is 12.3 Å². The SMILES string of the molecule is C#Cc1ccc(N/C(=N\O)[C@@H](C)[C@H]2CC[C@H](c3ccnc4ccc(F)cc43)CC2)cc1. The third kappa shape index (κ3) is 4.54. The summed E-state index contributed by atoms with van der Waals surface area (Å²) in [4.78, 5) is 4.38. The molecule has 158 valence electrons. The maximum atomic E-state index is 13.8. The lowest BCUT2D eigenvalue weighted by Gasteiger charge is -2.33. The minimum absolute atomic E-state index is 0.0879. The molecule has 1 atom stereocenters. The fourth-order valence-corrected chi connectivity index (χ4v) is 4.68. The Hall–Kier alpha value is -3.39. The van der Waals surface area contributed by atoms with Crippen LogP contribution in [0.3, 0.4) is 0 Å². The second-order valence-corrected chi connectivity index (χ2v) is 8.29. The summed E-state index contributed by atoms with van der Waals surface area (Å²) in [6, 6.07) is 14.3. The van der Waals surface area contributed by atoms with E-state index in [4.69, 9.17) is 6.42 Å². The Morgan fingerprint density at radius 3 is 2.58 bits per heavy atom. The molecule has 0 saturated heterocycles. The van der Waals surface area contributed by atoms with E-state index >= 15 is 0 Å². The van der Waals surface area contributed by atoms with Gasteiger partial charge in [0.2, 0.25) is 0 Å². The number of hydrogen-bond acceptors (Lipinski definition) is 3. The van der Waals surface area contributed by atoms with Gasteiger partial charge in [0.25, 0.3) is 0 Å². The number of pyridine rings is 1. The van der Waals surface area contributed by atoms with Crippen LogP contribution >= 0.6 is 0 Å². The molecule has 4 rings (SSSR count). The molecule has 1 fully saturated rings. The zero-order chi connectivity index (χ0) is 21.8. The third-order valence-electron chi connectivity index (χ3n) is 6.52. The van der Waals surface area contributed by atoms with Crippen LogP contribution in [-0.2, 0) is 0 Å². The number of terminal acetylenes is 1. The molecular formula is C26H26FN3O. The fourth-order valence-electron chi connectivity index (χ4n) is 4.68. The van der Waals surface area contributed by atoms with Crippen molar-refractivity contribution in [3.63, 3.8) is 0 Å². The maximum absolute atomic E-state index is 13.8. The standard InChI is InChI=1S/C26H26FN3O/c1-3-18-4-11-22(12-5-18)29-26(30-31)17(2)19-6-8-20(9-7-19)23-14-15-28-25-13-10-21(27)16-24(23)25/h1,4-5,10-17,19-20,31H,6-9H2,2H3,(H,29,30)/t17-,19-,20-/m0/s1. The van der Waals surface area contributed by atoms with E-state index < -0.39 is 0 Å². The molecule has 0 amide bonds. The number of fused-ring (bicyclic) bond motifs is 1. The number of aromatic nitrogens is 1. The Bertz CT molecular complexity index is 1130. The molecule has 2 N–H and O–H groups in total. The molecule has 1 aromatic heterocycles. The van der Waals surface area contributed by atoms with Crippen molar-refractivity contribution in [1.82, 2.24) is 4.98 Å². The van der Waals surface area contributed by atoms with Crippen molar-refractivity contribution < 1.29 is 9.60 Å². The van der Waals surface area contributed by atoms with Gasteiger partial charge in [0.15, 0.2) is 0 Å². The van der Waals surface area contributed by atoms with Gasteiger partial charge < -0.3 is 10.5 Å². The van der Waals surface area contributed by atoms with Crippen LogP contribution in [0.1, 0.15) is 49.7 Å². The van der Waals surface area contributed by atoms with E-state index in [0.29, 0.717) is 17.7 Å². The van der Waals surface area contributed by atoms with Crippen molar-refractivity contribution in [2.24, 2.45) is 17.0 Å². The second kappa shape index (κ2) is 9.18. The molecule has 0 bridgehead atoms. The number of benzene rings is 2. The van der Waals surface area contributed by atoms with Crippen LogP contribution in [0, 0.1) is 30.0 Å². The summed E-state index contributed by atoms with van der Waals surface area (Å²) in [5.74, 6) is 3.81. The lowest BCUT2D eigenvalue weighted by atomic mass is 9.73. The number of nitrogens with zero attached hydrogens (tertiary/aromatic N) is 2. The first-order chi connectivity index (χ1) is 15.1. The molecule has 0 aliphatic heterocycles. The molecule has 0 spiro atoms. The van der Waals surface area contributed by atoms with E-state index in [2.05, 4.69) is 28.3 Å². The highest BCUT2D eigenvalue weighted by atomic mass is 19.1. The summed E-state index contributed by atoms with van der Waals surface area (Å²) in [5.41, 5.74) is 3.67. The van der Waals surface area contributed by atoms with Crippen LogP contribution in [0.4, 0.5) is 10.1 Å². The molecule has 2 aromatic carbocycles. The molecule has 3 aromatic rings. The predicted molar refractivity (Wildman–Crippen MR) is 123 cm³/mol. The fraction of sp³-hybridized carbons (Fsp3) is 0.308. The normalized spacial score (nSPS) is 20.2. The highest BCUT2D eigenvalue weighted by Gasteiger charge is 2.29. The van der Waals surface area contributed by atoms with Crippen molar-refractivity contribution >= 4 is 22.4 Å². The summed E-state index contributed by atoms with van der Waals surface area (Å²) < 4.78 is 13.8. The van der Waals surface area contributed by atoms with Crippen molar-refractivity contribution in [2.75, 3.05) is 5.32 Å². The van der Waals surface area contributed by atoms with E-state index in [0.717, 1.165) is 47.8 Å². The smallest absolute Gasteiger partial charge is 0.149 e. The lowest BCUT2D eigenvalue weighted by molar-refractivity contribution is 0.273. The van der Waals surface area contributed by atoms with Gasteiger partial charge in [-0.05, 0) is 91.6 Å². The number of oxime groups is 1. The van der Waals surface area contributed by atoms with E-state index in [1.807, 2.05) is 36.5 Å². The number of halogens is 1. The first-order valence-corrected chi connectivity index (χ1v) is 10.7. The molecule has 1 heterocycles. The molecule has 1 aliphatic rings. The summed E-state index contributed by atoms with van der Waals surface area (Å²) in [6.45, 7) is 2.10. The molecule has 0 unspecified atom stereocenters. The van der Waals surface area contributed by atoms with Gasteiger partial charge in [0, 0.05) is 28.8 Å². The summed E-state index contributed by atoms with van der Waals surface area (Å²) in [5, 5.41) is 17.3. The Balaban J connectivity index is 1.43. The van der Waals surface area contributed by atoms with Crippen LogP contribution in [0.2, 0.25) is 0 Å². The van der Waals surface area contributed by atoms with Crippen LogP contribution in [0.5, 0.6) is 0 Å². The number of rotatable bonds is 4. The molecule has 0 radical (unpaired) electrons. The van der Waals surface area contributed by atoms with Gasteiger partial charge in [0.05, 0.1) is 5.52 Å². The lowest BCUT2D eigenvalue weighted by Crippen LogP contribution is -2.30. The van der Waals surface area contributed by atoms with Gasteiger partial charge in [-0.2, -0.15) is 0 Å². The number of nitrogens with one attached hydrogen (secondary N) is 1. The molecule has 4 nitrogen and oxygen atoms in total. The Morgan fingerprint density at radius 1 is 1.16 bits per heavy atom. The minimum Gasteiger partial charge on any atom is -0.409 e. The van der Waals surface area contributed by atoms with Crippen LogP contribution < -0.4 is 5.32 Å². The first kappa shape index (κ1) is 20.9. The highest BCUT2D eigenvalue weighted by Crippen LogP contribution is 2.41. The summed E-state index contributed by atoms with van der Waals surface area (Å²) in [7, 11) is 0. The maximum Gasteiger partial charge on any atom is 0.149 e. The van der Waals surface area contributed by atoms with E-state index in [-0.39, 0.29) is 11.7 Å². The molecule has 1 aliphatic carbocycles. The zero-order valence-corrected chi connectivity index (χ0v) is 17.6. The second-order valence-electron chi connectivity index (χ2n) is 8.29. The largest absolute Gasteiger partial charge is 0.409 e. The van der Waals surface area contributed by atoms with Crippen molar-refractivity contribution in [2.45, 2.75) is 38.5 Å². The number of anilines is 1. The molecular weight excluding hydrogens is 389 g/mol. The van der Waals surface area contributed by atoms with E-state index in [9.17, 15) is 9.60 Å². The van der Waals surface area contributed by atoms with Gasteiger partial charge in [-0.1, -0.05) is 18.0 Å². The first-order valence-electron chi connectivity index (χ1n) is 10.7. The van der Waals surface area contributed by atoms with Crippen LogP contribution in [0.15, 0.2) is 59.9 Å². The highest BCUT2D eigenvalue weighted by molar-refractivity contribution is 5.96. The Kier molecular flexibility index (Phi) is 6.18. The Labute approximate surface area is 182 Å². The third-order valence-corrected chi connectivity index (χ3v) is 6.52. The van der Waals surface area contributed by atoms with Gasteiger partial charge in [-0.25, -0.2) is 4.39 Å².